The molecule has 2 atom stereocenters. The van der Waals surface area contributed by atoms with E-state index in [1.54, 1.807) is 0 Å². The van der Waals surface area contributed by atoms with Gasteiger partial charge in [0.25, 0.3) is 0 Å². The van der Waals surface area contributed by atoms with Gasteiger partial charge in [0.05, 0.1) is 6.10 Å². The molecule has 5 heteroatoms. The van der Waals surface area contributed by atoms with Crippen LogP contribution in [0.3, 0.4) is 0 Å². The van der Waals surface area contributed by atoms with E-state index in [0.717, 1.165) is 38.8 Å². The molecule has 2 fully saturated rings. The molecule has 1 saturated carbocycles. The van der Waals surface area contributed by atoms with Gasteiger partial charge in [0.1, 0.15) is 0 Å². The Labute approximate surface area is 150 Å². The highest BCUT2D eigenvalue weighted by atomic mass is 16.3. The Morgan fingerprint density at radius 1 is 1.08 bits per heavy atom. The number of benzene rings is 1. The zero-order valence-corrected chi connectivity index (χ0v) is 15.0. The van der Waals surface area contributed by atoms with E-state index in [2.05, 4.69) is 33.7 Å². The van der Waals surface area contributed by atoms with Crippen LogP contribution in [0.2, 0.25) is 0 Å². The molecule has 25 heavy (non-hydrogen) atoms. The molecule has 2 amide bonds. The monoisotopic (exact) mass is 345 g/mol. The minimum atomic E-state index is -0.194. The smallest absolute Gasteiger partial charge is 0.315 e. The summed E-state index contributed by atoms with van der Waals surface area (Å²) in [5, 5.41) is 15.7. The van der Waals surface area contributed by atoms with Crippen molar-refractivity contribution in [2.45, 2.75) is 57.6 Å². The molecule has 0 radical (unpaired) electrons. The summed E-state index contributed by atoms with van der Waals surface area (Å²) >= 11 is 0. The second kappa shape index (κ2) is 9.09. The van der Waals surface area contributed by atoms with Crippen LogP contribution >= 0.6 is 0 Å². The predicted molar refractivity (Wildman–Crippen MR) is 101 cm³/mol. The van der Waals surface area contributed by atoms with Crippen LogP contribution in [-0.2, 0) is 6.54 Å². The molecule has 1 heterocycles. The number of anilines is 1. The van der Waals surface area contributed by atoms with Gasteiger partial charge < -0.3 is 20.6 Å². The van der Waals surface area contributed by atoms with Crippen molar-refractivity contribution in [1.82, 2.24) is 10.6 Å². The minimum absolute atomic E-state index is 0.117. The Hall–Kier alpha value is -1.75. The van der Waals surface area contributed by atoms with E-state index in [4.69, 9.17) is 0 Å². The molecule has 5 nitrogen and oxygen atoms in total. The number of urea groups is 1. The van der Waals surface area contributed by atoms with Crippen LogP contribution in [0.25, 0.3) is 0 Å². The first-order valence-electron chi connectivity index (χ1n) is 9.75. The van der Waals surface area contributed by atoms with Crippen LogP contribution in [0.1, 0.15) is 50.5 Å². The van der Waals surface area contributed by atoms with Crippen molar-refractivity contribution in [2.24, 2.45) is 5.92 Å². The average Bonchev–Trinajstić information content (AvgIpc) is 2.66. The third-order valence-corrected chi connectivity index (χ3v) is 5.43. The van der Waals surface area contributed by atoms with Gasteiger partial charge in [-0.2, -0.15) is 0 Å². The Morgan fingerprint density at radius 3 is 2.68 bits per heavy atom. The highest BCUT2D eigenvalue weighted by Crippen LogP contribution is 2.24. The van der Waals surface area contributed by atoms with Gasteiger partial charge in [-0.05, 0) is 56.1 Å². The van der Waals surface area contributed by atoms with Gasteiger partial charge in [0.15, 0.2) is 0 Å². The molecule has 2 aliphatic rings. The zero-order chi connectivity index (χ0) is 17.5. The fourth-order valence-corrected chi connectivity index (χ4v) is 4.03. The maximum absolute atomic E-state index is 12.1. The van der Waals surface area contributed by atoms with Crippen LogP contribution in [0, 0.1) is 5.92 Å². The zero-order valence-electron chi connectivity index (χ0n) is 15.0. The molecule has 1 aromatic rings. The van der Waals surface area contributed by atoms with Gasteiger partial charge in [0.2, 0.25) is 0 Å². The van der Waals surface area contributed by atoms with E-state index in [0.29, 0.717) is 19.0 Å². The summed E-state index contributed by atoms with van der Waals surface area (Å²) in [6.45, 7) is 3.41. The first-order chi connectivity index (χ1) is 12.2. The number of nitrogens with one attached hydrogen (secondary N) is 2. The number of aliphatic hydroxyl groups is 1. The second-order valence-corrected chi connectivity index (χ2v) is 7.43. The highest BCUT2D eigenvalue weighted by Gasteiger charge is 2.20. The molecule has 0 spiro atoms. The number of hydrogen-bond donors (Lipinski definition) is 3. The predicted octanol–water partition coefficient (Wildman–Crippen LogP) is 3.03. The lowest BCUT2D eigenvalue weighted by Crippen LogP contribution is -2.39. The third-order valence-electron chi connectivity index (χ3n) is 5.43. The molecule has 1 aliphatic heterocycles. The molecule has 3 N–H and O–H groups in total. The molecule has 1 saturated heterocycles. The van der Waals surface area contributed by atoms with Crippen LogP contribution in [0.15, 0.2) is 24.3 Å². The van der Waals surface area contributed by atoms with Crippen molar-refractivity contribution in [3.05, 3.63) is 29.8 Å². The van der Waals surface area contributed by atoms with E-state index >= 15 is 0 Å². The second-order valence-electron chi connectivity index (χ2n) is 7.43. The van der Waals surface area contributed by atoms with Crippen molar-refractivity contribution >= 4 is 11.7 Å². The van der Waals surface area contributed by atoms with E-state index < -0.39 is 0 Å². The summed E-state index contributed by atoms with van der Waals surface area (Å²) in [6, 6.07) is 8.24. The number of carbonyl (C=O) groups is 1. The number of rotatable bonds is 5. The Kier molecular flexibility index (Phi) is 6.56. The molecule has 0 bridgehead atoms. The third kappa shape index (κ3) is 5.36. The van der Waals surface area contributed by atoms with Gasteiger partial charge in [-0.3, -0.25) is 0 Å². The van der Waals surface area contributed by atoms with Gasteiger partial charge in [-0.1, -0.05) is 24.6 Å². The molecule has 138 valence electrons. The number of aliphatic hydroxyl groups excluding tert-OH is 1. The molecule has 0 aromatic heterocycles. The van der Waals surface area contributed by atoms with E-state index in [1.807, 2.05) is 6.07 Å². The molecular weight excluding hydrogens is 314 g/mol. The van der Waals surface area contributed by atoms with E-state index in [9.17, 15) is 9.90 Å². The summed E-state index contributed by atoms with van der Waals surface area (Å²) in [4.78, 5) is 14.6. The van der Waals surface area contributed by atoms with Gasteiger partial charge in [-0.15, -0.1) is 0 Å². The molecule has 1 aromatic carbocycles. The Morgan fingerprint density at radius 2 is 1.88 bits per heavy atom. The SMILES string of the molecule is O=C(NCc1ccccc1N1CCCCC1)NCC1CCCC(O)C1. The number of para-hydroxylation sites is 1. The minimum Gasteiger partial charge on any atom is -0.393 e. The summed E-state index contributed by atoms with van der Waals surface area (Å²) < 4.78 is 0. The number of nitrogens with zero attached hydrogens (tertiary/aromatic N) is 1. The number of carbonyl (C=O) groups excluding carboxylic acids is 1. The lowest BCUT2D eigenvalue weighted by molar-refractivity contribution is 0.101. The topological polar surface area (TPSA) is 64.6 Å². The van der Waals surface area contributed by atoms with Crippen LogP contribution in [-0.4, -0.2) is 36.9 Å². The molecular formula is C20H31N3O2. The molecule has 1 aliphatic carbocycles. The largest absolute Gasteiger partial charge is 0.393 e. The van der Waals surface area contributed by atoms with E-state index in [1.165, 1.54) is 30.5 Å². The van der Waals surface area contributed by atoms with Gasteiger partial charge in [0, 0.05) is 31.9 Å². The lowest BCUT2D eigenvalue weighted by Gasteiger charge is -2.30. The van der Waals surface area contributed by atoms with Crippen molar-refractivity contribution in [2.75, 3.05) is 24.5 Å². The Balaban J connectivity index is 1.47. The molecule has 3 rings (SSSR count). The van der Waals surface area contributed by atoms with Crippen LogP contribution < -0.4 is 15.5 Å². The summed E-state index contributed by atoms with van der Waals surface area (Å²) in [7, 11) is 0. The summed E-state index contributed by atoms with van der Waals surface area (Å²) in [5.41, 5.74) is 2.42. The summed E-state index contributed by atoms with van der Waals surface area (Å²) in [5.74, 6) is 0.398. The number of hydrogen-bond acceptors (Lipinski definition) is 3. The van der Waals surface area contributed by atoms with Crippen molar-refractivity contribution in [3.63, 3.8) is 0 Å². The Bertz CT molecular complexity index is 558. The highest BCUT2D eigenvalue weighted by molar-refractivity contribution is 5.74. The first kappa shape index (κ1) is 18.1. The average molecular weight is 345 g/mol. The van der Waals surface area contributed by atoms with Crippen LogP contribution in [0.5, 0.6) is 0 Å². The molecule has 2 unspecified atom stereocenters. The normalized spacial score (nSPS) is 24.0. The van der Waals surface area contributed by atoms with Crippen molar-refractivity contribution in [1.29, 1.82) is 0 Å². The maximum atomic E-state index is 12.1. The maximum Gasteiger partial charge on any atom is 0.315 e. The number of amides is 2. The van der Waals surface area contributed by atoms with E-state index in [-0.39, 0.29) is 12.1 Å². The fraction of sp³-hybridized carbons (Fsp3) is 0.650. The van der Waals surface area contributed by atoms with Crippen molar-refractivity contribution in [3.8, 4) is 0 Å². The fourth-order valence-electron chi connectivity index (χ4n) is 4.03. The van der Waals surface area contributed by atoms with Crippen molar-refractivity contribution < 1.29 is 9.90 Å². The van der Waals surface area contributed by atoms with Gasteiger partial charge >= 0.3 is 6.03 Å². The quantitative estimate of drug-likeness (QED) is 0.768. The lowest BCUT2D eigenvalue weighted by atomic mass is 9.87. The standard InChI is InChI=1S/C20H31N3O2/c24-18-9-6-7-16(13-18)14-21-20(25)22-15-17-8-2-3-10-19(17)23-11-4-1-5-12-23/h2-3,8,10,16,18,24H,1,4-7,9,11-15H2,(H2,21,22,25). The summed E-state index contributed by atoms with van der Waals surface area (Å²) in [6.07, 6.45) is 7.46. The number of piperidine rings is 1. The van der Waals surface area contributed by atoms with Gasteiger partial charge in [-0.25, -0.2) is 4.79 Å². The van der Waals surface area contributed by atoms with Crippen LogP contribution in [0.4, 0.5) is 10.5 Å². The first-order valence-corrected chi connectivity index (χ1v) is 9.75.